The van der Waals surface area contributed by atoms with Crippen molar-refractivity contribution >= 4 is 44.8 Å². The minimum atomic E-state index is -0.403. The lowest BCUT2D eigenvalue weighted by Crippen LogP contribution is -2.18. The lowest BCUT2D eigenvalue weighted by atomic mass is 9.99. The third-order valence-corrected chi connectivity index (χ3v) is 6.96. The predicted molar refractivity (Wildman–Crippen MR) is 138 cm³/mol. The zero-order chi connectivity index (χ0) is 23.1. The summed E-state index contributed by atoms with van der Waals surface area (Å²) in [5, 5.41) is 11.0. The molecule has 0 aliphatic carbocycles. The van der Waals surface area contributed by atoms with Crippen LogP contribution in [0.5, 0.6) is 0 Å². The summed E-state index contributed by atoms with van der Waals surface area (Å²) >= 11 is 7.59. The summed E-state index contributed by atoms with van der Waals surface area (Å²) in [5.41, 5.74) is 4.35. The Morgan fingerprint density at radius 2 is 1.74 bits per heavy atom. The number of anilines is 1. The van der Waals surface area contributed by atoms with Crippen molar-refractivity contribution in [3.63, 3.8) is 0 Å². The molecule has 3 aromatic carbocycles. The highest BCUT2D eigenvalue weighted by Crippen LogP contribution is 2.39. The Hall–Kier alpha value is -3.74. The van der Waals surface area contributed by atoms with Crippen LogP contribution in [0.2, 0.25) is 5.02 Å². The van der Waals surface area contributed by atoms with Crippen molar-refractivity contribution in [1.29, 1.82) is 0 Å². The Balaban J connectivity index is 1.41. The molecule has 166 valence electrons. The van der Waals surface area contributed by atoms with E-state index in [1.54, 1.807) is 6.07 Å². The van der Waals surface area contributed by atoms with E-state index in [1.165, 1.54) is 11.3 Å². The summed E-state index contributed by atoms with van der Waals surface area (Å²) in [5.74, 6) is 0. The molecule has 1 unspecified atom stereocenters. The highest BCUT2D eigenvalue weighted by molar-refractivity contribution is 7.14. The SMILES string of the molecule is O=c1oc2ccccc2cc1-c1csc(N2N=C(c3ccccc3)CC2c2ccc(Cl)cc2)n1. The van der Waals surface area contributed by atoms with Crippen LogP contribution in [0.1, 0.15) is 23.6 Å². The highest BCUT2D eigenvalue weighted by Gasteiger charge is 2.32. The molecular weight excluding hydrogens is 466 g/mol. The van der Waals surface area contributed by atoms with Crippen LogP contribution in [0, 0.1) is 0 Å². The van der Waals surface area contributed by atoms with Crippen LogP contribution >= 0.6 is 22.9 Å². The number of hydrogen-bond donors (Lipinski definition) is 0. The van der Waals surface area contributed by atoms with Crippen LogP contribution < -0.4 is 10.6 Å². The average Bonchev–Trinajstić information content (AvgIpc) is 3.52. The summed E-state index contributed by atoms with van der Waals surface area (Å²) in [6, 6.07) is 27.3. The van der Waals surface area contributed by atoms with Gasteiger partial charge in [-0.05, 0) is 35.4 Å². The van der Waals surface area contributed by atoms with Crippen molar-refractivity contribution in [3.8, 4) is 11.3 Å². The maximum Gasteiger partial charge on any atom is 0.345 e. The van der Waals surface area contributed by atoms with E-state index in [9.17, 15) is 4.79 Å². The topological polar surface area (TPSA) is 58.7 Å². The highest BCUT2D eigenvalue weighted by atomic mass is 35.5. The van der Waals surface area contributed by atoms with Gasteiger partial charge >= 0.3 is 5.63 Å². The van der Waals surface area contributed by atoms with Gasteiger partial charge in [0.1, 0.15) is 5.58 Å². The maximum atomic E-state index is 12.7. The third-order valence-electron chi connectivity index (χ3n) is 5.88. The molecule has 0 saturated carbocycles. The molecule has 34 heavy (non-hydrogen) atoms. The van der Waals surface area contributed by atoms with Gasteiger partial charge in [0, 0.05) is 22.2 Å². The molecule has 1 aliphatic heterocycles. The number of fused-ring (bicyclic) bond motifs is 1. The standard InChI is InChI=1S/C27H18ClN3O2S/c28-20-12-10-18(11-13-20)24-15-22(17-6-2-1-3-7-17)30-31(24)27-29-23(16-34-27)21-14-19-8-4-5-9-25(19)33-26(21)32/h1-14,16,24H,15H2. The fourth-order valence-corrected chi connectivity index (χ4v) is 5.12. The van der Waals surface area contributed by atoms with E-state index in [1.807, 2.05) is 77.1 Å². The van der Waals surface area contributed by atoms with Gasteiger partial charge in [-0.3, -0.25) is 0 Å². The van der Waals surface area contributed by atoms with E-state index in [2.05, 4.69) is 12.1 Å². The van der Waals surface area contributed by atoms with Gasteiger partial charge in [0.25, 0.3) is 0 Å². The van der Waals surface area contributed by atoms with Gasteiger partial charge in [0.15, 0.2) is 0 Å². The second-order valence-corrected chi connectivity index (χ2v) is 9.30. The van der Waals surface area contributed by atoms with Crippen LogP contribution in [0.15, 0.2) is 105 Å². The van der Waals surface area contributed by atoms with E-state index < -0.39 is 5.63 Å². The number of nitrogens with zero attached hydrogens (tertiary/aromatic N) is 3. The quantitative estimate of drug-likeness (QED) is 0.260. The number of hydrazone groups is 1. The largest absolute Gasteiger partial charge is 0.422 e. The van der Waals surface area contributed by atoms with Crippen molar-refractivity contribution < 1.29 is 4.42 Å². The molecule has 0 radical (unpaired) electrons. The number of aromatic nitrogens is 1. The van der Waals surface area contributed by atoms with Crippen LogP contribution in [0.25, 0.3) is 22.2 Å². The molecule has 0 saturated heterocycles. The lowest BCUT2D eigenvalue weighted by Gasteiger charge is -2.21. The normalized spacial score (nSPS) is 15.6. The van der Waals surface area contributed by atoms with Gasteiger partial charge in [-0.15, -0.1) is 11.3 Å². The number of para-hydroxylation sites is 1. The van der Waals surface area contributed by atoms with Crippen LogP contribution in [0.3, 0.4) is 0 Å². The van der Waals surface area contributed by atoms with Gasteiger partial charge in [-0.25, -0.2) is 14.8 Å². The molecule has 0 N–H and O–H groups in total. The molecule has 0 spiro atoms. The molecular formula is C27H18ClN3O2S. The van der Waals surface area contributed by atoms with Gasteiger partial charge in [-0.2, -0.15) is 5.10 Å². The van der Waals surface area contributed by atoms with Gasteiger partial charge < -0.3 is 4.42 Å². The summed E-state index contributed by atoms with van der Waals surface area (Å²) < 4.78 is 5.51. The minimum absolute atomic E-state index is 0.0283. The third kappa shape index (κ3) is 3.81. The monoisotopic (exact) mass is 483 g/mol. The smallest absolute Gasteiger partial charge is 0.345 e. The number of benzene rings is 3. The Labute approximate surface area is 204 Å². The molecule has 3 heterocycles. The van der Waals surface area contributed by atoms with Crippen molar-refractivity contribution in [2.24, 2.45) is 5.10 Å². The predicted octanol–water partition coefficient (Wildman–Crippen LogP) is 6.93. The number of hydrogen-bond acceptors (Lipinski definition) is 6. The Kier molecular flexibility index (Phi) is 5.24. The maximum absolute atomic E-state index is 12.7. The van der Waals surface area contributed by atoms with Gasteiger partial charge in [0.2, 0.25) is 5.13 Å². The van der Waals surface area contributed by atoms with E-state index >= 15 is 0 Å². The molecule has 5 nitrogen and oxygen atoms in total. The van der Waals surface area contributed by atoms with Crippen LogP contribution in [-0.2, 0) is 0 Å². The molecule has 0 bridgehead atoms. The van der Waals surface area contributed by atoms with Crippen LogP contribution in [-0.4, -0.2) is 10.7 Å². The summed E-state index contributed by atoms with van der Waals surface area (Å²) in [4.78, 5) is 17.5. The zero-order valence-electron chi connectivity index (χ0n) is 17.9. The summed E-state index contributed by atoms with van der Waals surface area (Å²) in [6.45, 7) is 0. The Morgan fingerprint density at radius 1 is 0.971 bits per heavy atom. The van der Waals surface area contributed by atoms with Crippen molar-refractivity contribution in [2.75, 3.05) is 5.01 Å². The number of halogens is 1. The van der Waals surface area contributed by atoms with E-state index in [4.69, 9.17) is 26.1 Å². The first-order valence-corrected chi connectivity index (χ1v) is 12.1. The van der Waals surface area contributed by atoms with E-state index in [0.29, 0.717) is 27.0 Å². The Bertz CT molecular complexity index is 1580. The average molecular weight is 484 g/mol. The molecule has 5 aromatic rings. The van der Waals surface area contributed by atoms with Gasteiger partial charge in [-0.1, -0.05) is 72.3 Å². The first-order chi connectivity index (χ1) is 16.7. The molecule has 1 aliphatic rings. The first-order valence-electron chi connectivity index (χ1n) is 10.8. The summed E-state index contributed by atoms with van der Waals surface area (Å²) in [6.07, 6.45) is 0.735. The number of rotatable bonds is 4. The molecule has 2 aromatic heterocycles. The molecule has 6 rings (SSSR count). The Morgan fingerprint density at radius 3 is 2.56 bits per heavy atom. The fourth-order valence-electron chi connectivity index (χ4n) is 4.17. The lowest BCUT2D eigenvalue weighted by molar-refractivity contribution is 0.563. The van der Waals surface area contributed by atoms with Crippen molar-refractivity contribution in [3.05, 3.63) is 117 Å². The zero-order valence-corrected chi connectivity index (χ0v) is 19.5. The summed E-state index contributed by atoms with van der Waals surface area (Å²) in [7, 11) is 0. The molecule has 7 heteroatoms. The minimum Gasteiger partial charge on any atom is -0.422 e. The molecule has 0 fully saturated rings. The second kappa shape index (κ2) is 8.56. The molecule has 1 atom stereocenters. The van der Waals surface area contributed by atoms with E-state index in [0.717, 1.165) is 28.6 Å². The van der Waals surface area contributed by atoms with E-state index in [-0.39, 0.29) is 6.04 Å². The number of thiazole rings is 1. The fraction of sp³-hybridized carbons (Fsp3) is 0.0741. The van der Waals surface area contributed by atoms with Crippen molar-refractivity contribution in [2.45, 2.75) is 12.5 Å². The molecule has 0 amide bonds. The van der Waals surface area contributed by atoms with Gasteiger partial charge in [0.05, 0.1) is 23.0 Å². The van der Waals surface area contributed by atoms with Crippen LogP contribution in [0.4, 0.5) is 5.13 Å². The van der Waals surface area contributed by atoms with Crippen molar-refractivity contribution in [1.82, 2.24) is 4.98 Å². The first kappa shape index (κ1) is 20.8. The second-order valence-electron chi connectivity index (χ2n) is 8.03.